The molecule has 1 heterocycles. The van der Waals surface area contributed by atoms with E-state index in [0.29, 0.717) is 5.92 Å². The maximum Gasteiger partial charge on any atom is 0.637 e. The number of rotatable bonds is 2. The summed E-state index contributed by atoms with van der Waals surface area (Å²) in [4.78, 5) is 0. The summed E-state index contributed by atoms with van der Waals surface area (Å²) < 4.78 is 10.0. The second kappa shape index (κ2) is 7.45. The van der Waals surface area contributed by atoms with Crippen LogP contribution in [0, 0.1) is 17.8 Å². The lowest BCUT2D eigenvalue weighted by molar-refractivity contribution is -0.0445. The van der Waals surface area contributed by atoms with Crippen LogP contribution in [-0.2, 0) is 9.31 Å². The third-order valence-electron chi connectivity index (χ3n) is 4.32. The molecule has 1 aliphatic carbocycles. The van der Waals surface area contributed by atoms with Crippen molar-refractivity contribution in [2.24, 2.45) is 29.2 Å². The van der Waals surface area contributed by atoms with Crippen LogP contribution in [0.4, 0.5) is 0 Å². The van der Waals surface area contributed by atoms with E-state index in [0.717, 1.165) is 24.9 Å². The molecule has 4 unspecified atom stereocenters. The molecule has 4 atom stereocenters. The summed E-state index contributed by atoms with van der Waals surface area (Å²) in [5.41, 5.74) is 10.9. The molecule has 18 heavy (non-hydrogen) atoms. The highest BCUT2D eigenvalue weighted by atomic mass is 16.7. The molecule has 1 saturated carbocycles. The standard InChI is InChI=1S/C6H13BO3.C6H14N2/c1-4-5(2)9-7(8)10-6(4)3;7-3-5-1-2-6(5)4-8/h4-6,8H,1-3H3;5-6H,1-4,7-8H2. The highest BCUT2D eigenvalue weighted by Gasteiger charge is 2.34. The van der Waals surface area contributed by atoms with Gasteiger partial charge in [0.15, 0.2) is 0 Å². The minimum Gasteiger partial charge on any atom is -0.402 e. The Labute approximate surface area is 110 Å². The van der Waals surface area contributed by atoms with E-state index >= 15 is 0 Å². The highest BCUT2D eigenvalue weighted by molar-refractivity contribution is 6.34. The Bertz CT molecular complexity index is 219. The Morgan fingerprint density at radius 3 is 1.67 bits per heavy atom. The molecule has 0 radical (unpaired) electrons. The topological polar surface area (TPSA) is 90.7 Å². The van der Waals surface area contributed by atoms with Gasteiger partial charge in [-0.2, -0.15) is 0 Å². The molecule has 1 aliphatic heterocycles. The fraction of sp³-hybridized carbons (Fsp3) is 1.00. The van der Waals surface area contributed by atoms with E-state index in [-0.39, 0.29) is 12.2 Å². The first kappa shape index (κ1) is 15.9. The van der Waals surface area contributed by atoms with Gasteiger partial charge in [0, 0.05) is 18.1 Å². The van der Waals surface area contributed by atoms with Crippen LogP contribution in [0.5, 0.6) is 0 Å². The van der Waals surface area contributed by atoms with Crippen molar-refractivity contribution in [3.8, 4) is 0 Å². The predicted molar refractivity (Wildman–Crippen MR) is 72.6 cm³/mol. The van der Waals surface area contributed by atoms with E-state index in [1.165, 1.54) is 12.8 Å². The van der Waals surface area contributed by atoms with E-state index in [9.17, 15) is 0 Å². The molecule has 6 heteroatoms. The first-order valence-corrected chi connectivity index (χ1v) is 6.88. The largest absolute Gasteiger partial charge is 0.637 e. The van der Waals surface area contributed by atoms with Crippen molar-refractivity contribution in [1.29, 1.82) is 0 Å². The fourth-order valence-electron chi connectivity index (χ4n) is 2.29. The summed E-state index contributed by atoms with van der Waals surface area (Å²) >= 11 is 0. The molecule has 0 bridgehead atoms. The normalized spacial score (nSPS) is 39.7. The summed E-state index contributed by atoms with van der Waals surface area (Å²) in [6.07, 6.45) is 2.77. The van der Waals surface area contributed by atoms with Crippen LogP contribution in [-0.4, -0.2) is 37.6 Å². The molecular weight excluding hydrogens is 231 g/mol. The van der Waals surface area contributed by atoms with Crippen molar-refractivity contribution in [3.05, 3.63) is 0 Å². The van der Waals surface area contributed by atoms with E-state index < -0.39 is 7.32 Å². The lowest BCUT2D eigenvalue weighted by atomic mass is 9.74. The number of nitrogens with two attached hydrogens (primary N) is 2. The van der Waals surface area contributed by atoms with Gasteiger partial charge in [0.1, 0.15) is 0 Å². The first-order valence-electron chi connectivity index (χ1n) is 6.88. The Morgan fingerprint density at radius 2 is 1.39 bits per heavy atom. The molecule has 0 aromatic carbocycles. The molecule has 2 aliphatic rings. The number of hydrogen-bond donors (Lipinski definition) is 3. The van der Waals surface area contributed by atoms with Gasteiger partial charge in [-0.1, -0.05) is 6.92 Å². The van der Waals surface area contributed by atoms with Gasteiger partial charge >= 0.3 is 7.32 Å². The van der Waals surface area contributed by atoms with Crippen molar-refractivity contribution >= 4 is 7.32 Å². The average molecular weight is 258 g/mol. The van der Waals surface area contributed by atoms with Gasteiger partial charge in [-0.3, -0.25) is 0 Å². The molecule has 5 nitrogen and oxygen atoms in total. The molecule has 0 amide bonds. The van der Waals surface area contributed by atoms with E-state index in [1.54, 1.807) is 0 Å². The van der Waals surface area contributed by atoms with Gasteiger partial charge in [0.05, 0.1) is 0 Å². The third kappa shape index (κ3) is 4.21. The molecular formula is C12H27BN2O3. The van der Waals surface area contributed by atoms with Gasteiger partial charge < -0.3 is 25.8 Å². The van der Waals surface area contributed by atoms with Crippen LogP contribution in [0.3, 0.4) is 0 Å². The maximum absolute atomic E-state index is 8.92. The lowest BCUT2D eigenvalue weighted by Gasteiger charge is -2.34. The van der Waals surface area contributed by atoms with E-state index in [2.05, 4.69) is 0 Å². The Balaban J connectivity index is 0.000000184. The van der Waals surface area contributed by atoms with E-state index in [1.807, 2.05) is 20.8 Å². The summed E-state index contributed by atoms with van der Waals surface area (Å²) in [5.74, 6) is 1.85. The third-order valence-corrected chi connectivity index (χ3v) is 4.32. The van der Waals surface area contributed by atoms with Crippen molar-refractivity contribution < 1.29 is 14.3 Å². The van der Waals surface area contributed by atoms with E-state index in [4.69, 9.17) is 25.8 Å². The van der Waals surface area contributed by atoms with Gasteiger partial charge in [0.2, 0.25) is 0 Å². The molecule has 2 fully saturated rings. The minimum atomic E-state index is -1.03. The average Bonchev–Trinajstić information content (AvgIpc) is 2.26. The zero-order valence-corrected chi connectivity index (χ0v) is 11.7. The van der Waals surface area contributed by atoms with Crippen molar-refractivity contribution in [3.63, 3.8) is 0 Å². The quantitative estimate of drug-likeness (QED) is 0.622. The number of hydrogen-bond acceptors (Lipinski definition) is 5. The SMILES string of the molecule is CC1OB(O)OC(C)C1C.NCC1CCC1CN. The summed E-state index contributed by atoms with van der Waals surface area (Å²) in [6, 6.07) is 0. The Hall–Kier alpha value is -0.135. The fourth-order valence-corrected chi connectivity index (χ4v) is 2.29. The Morgan fingerprint density at radius 1 is 1.00 bits per heavy atom. The van der Waals surface area contributed by atoms with Crippen LogP contribution < -0.4 is 11.5 Å². The van der Waals surface area contributed by atoms with Crippen molar-refractivity contribution in [2.45, 2.75) is 45.8 Å². The second-order valence-electron chi connectivity index (χ2n) is 5.42. The molecule has 0 aromatic heterocycles. The lowest BCUT2D eigenvalue weighted by Crippen LogP contribution is -2.45. The molecule has 0 aromatic rings. The zero-order valence-electron chi connectivity index (χ0n) is 11.7. The zero-order chi connectivity index (χ0) is 13.7. The van der Waals surface area contributed by atoms with Gasteiger partial charge in [0.25, 0.3) is 0 Å². The van der Waals surface area contributed by atoms with Crippen LogP contribution in [0.1, 0.15) is 33.6 Å². The highest BCUT2D eigenvalue weighted by Crippen LogP contribution is 2.31. The monoisotopic (exact) mass is 258 g/mol. The summed E-state index contributed by atoms with van der Waals surface area (Å²) in [7, 11) is -1.03. The van der Waals surface area contributed by atoms with Gasteiger partial charge in [-0.05, 0) is 51.6 Å². The summed E-state index contributed by atoms with van der Waals surface area (Å²) in [5, 5.41) is 8.92. The first-order chi connectivity index (χ1) is 8.49. The van der Waals surface area contributed by atoms with Crippen molar-refractivity contribution in [2.75, 3.05) is 13.1 Å². The molecule has 106 valence electrons. The van der Waals surface area contributed by atoms with Crippen LogP contribution in [0.2, 0.25) is 0 Å². The molecule has 0 spiro atoms. The molecule has 1 saturated heterocycles. The molecule has 5 N–H and O–H groups in total. The van der Waals surface area contributed by atoms with Crippen molar-refractivity contribution in [1.82, 2.24) is 0 Å². The Kier molecular flexibility index (Phi) is 6.59. The molecule has 2 rings (SSSR count). The maximum atomic E-state index is 8.92. The van der Waals surface area contributed by atoms with Gasteiger partial charge in [-0.15, -0.1) is 0 Å². The smallest absolute Gasteiger partial charge is 0.402 e. The van der Waals surface area contributed by atoms with Crippen LogP contribution in [0.25, 0.3) is 0 Å². The minimum absolute atomic E-state index is 0.0822. The van der Waals surface area contributed by atoms with Crippen LogP contribution >= 0.6 is 0 Å². The van der Waals surface area contributed by atoms with Crippen LogP contribution in [0.15, 0.2) is 0 Å². The predicted octanol–water partition coefficient (Wildman–Crippen LogP) is 0.354. The van der Waals surface area contributed by atoms with Gasteiger partial charge in [-0.25, -0.2) is 0 Å². The second-order valence-corrected chi connectivity index (χ2v) is 5.42. The summed E-state index contributed by atoms with van der Waals surface area (Å²) in [6.45, 7) is 7.59.